The third-order valence-corrected chi connectivity index (χ3v) is 9.51. The molecule has 0 spiro atoms. The minimum Gasteiger partial charge on any atom is -0.477 e. The molecule has 0 aromatic carbocycles. The van der Waals surface area contributed by atoms with Crippen LogP contribution in [-0.4, -0.2) is 142 Å². The lowest BCUT2D eigenvalue weighted by atomic mass is 9.83. The second kappa shape index (κ2) is 19.8. The van der Waals surface area contributed by atoms with Gasteiger partial charge in [0.05, 0.1) is 42.8 Å². The first-order valence-electron chi connectivity index (χ1n) is 18.1. The van der Waals surface area contributed by atoms with Crippen molar-refractivity contribution >= 4 is 17.9 Å². The molecule has 0 bridgehead atoms. The van der Waals surface area contributed by atoms with Crippen molar-refractivity contribution in [2.24, 2.45) is 22.6 Å². The molecular weight excluding hydrogens is 712 g/mol. The number of aliphatic imine (C=N–C) groups is 1. The molecule has 18 nitrogen and oxygen atoms in total. The SMILES string of the molecule is C=C[C@H]1[C@H](O[C@@H]2O[C@H](CO)[C@@H](O)C(O)(O)[C@H]2OC(C)C)OC=C(C(=O)OC2CCCC2)[C@H]1/C=C/C1=C(NC(N)=NCCCO)C(C(=O)O)=C[NH+](CCO)C1. The van der Waals surface area contributed by atoms with Gasteiger partial charge < -0.3 is 75.4 Å². The predicted octanol–water partition coefficient (Wildman–Crippen LogP) is -2.34. The lowest BCUT2D eigenvalue weighted by Gasteiger charge is -2.48. The molecule has 4 rings (SSSR count). The van der Waals surface area contributed by atoms with Gasteiger partial charge in [0.2, 0.25) is 12.1 Å². The van der Waals surface area contributed by atoms with Gasteiger partial charge in [-0.1, -0.05) is 18.2 Å². The number of carboxylic acid groups (broad SMARTS) is 1. The van der Waals surface area contributed by atoms with E-state index in [-0.39, 0.29) is 61.8 Å². The Balaban J connectivity index is 1.76. The molecule has 4 aliphatic rings. The first kappa shape index (κ1) is 43.0. The monoisotopic (exact) mass is 767 g/mol. The van der Waals surface area contributed by atoms with Crippen LogP contribution in [-0.2, 0) is 33.3 Å². The molecule has 302 valence electrons. The van der Waals surface area contributed by atoms with Crippen LogP contribution in [0.25, 0.3) is 0 Å². The summed E-state index contributed by atoms with van der Waals surface area (Å²) in [7, 11) is 0. The topological polar surface area (TPSA) is 277 Å². The summed E-state index contributed by atoms with van der Waals surface area (Å²) in [5.41, 5.74) is 6.61. The van der Waals surface area contributed by atoms with Crippen molar-refractivity contribution in [1.29, 1.82) is 0 Å². The average Bonchev–Trinajstić information content (AvgIpc) is 3.64. The number of aliphatic carboxylic acids is 1. The van der Waals surface area contributed by atoms with Crippen LogP contribution >= 0.6 is 0 Å². The van der Waals surface area contributed by atoms with E-state index in [9.17, 15) is 40.2 Å². The van der Waals surface area contributed by atoms with Crippen LogP contribution in [0.3, 0.4) is 0 Å². The number of allylic oxidation sites excluding steroid dienone is 1. The Morgan fingerprint density at radius 1 is 1.19 bits per heavy atom. The van der Waals surface area contributed by atoms with E-state index in [4.69, 9.17) is 34.5 Å². The van der Waals surface area contributed by atoms with Crippen molar-refractivity contribution in [3.8, 4) is 0 Å². The standard InChI is InChI=1S/C36H54N4O14/c1-4-23-24(11-10-21-16-40(13-15-42)17-25(31(45)46)28(21)39-35(37)38-12-7-14-41)26(32(47)52-22-8-5-6-9-22)19-50-33(23)54-34-30(51-20(2)3)36(48,49)29(44)27(18-43)53-34/h4,10-11,17,19-20,22-24,27,29-30,33-34,41-44,48-49H,1,5-9,12-16,18H2,2-3H3,(H,45,46)(H3,37,38,39)/p+1/b11-10+/t23-,24+,27-,29-,30+,33+,34+/m1/s1. The molecule has 18 heteroatoms. The van der Waals surface area contributed by atoms with E-state index in [1.54, 1.807) is 26.0 Å². The van der Waals surface area contributed by atoms with E-state index < -0.39 is 73.2 Å². The number of nitrogens with zero attached hydrogens (tertiary/aromatic N) is 1. The number of quaternary nitrogens is 1. The molecule has 1 saturated heterocycles. The molecule has 2 fully saturated rings. The number of nitrogens with one attached hydrogen (secondary N) is 2. The number of hydrogen-bond acceptors (Lipinski definition) is 14. The van der Waals surface area contributed by atoms with Crippen molar-refractivity contribution in [3.63, 3.8) is 0 Å². The van der Waals surface area contributed by atoms with Crippen LogP contribution in [0.15, 0.2) is 64.7 Å². The zero-order valence-corrected chi connectivity index (χ0v) is 30.6. The number of rotatable bonds is 17. The second-order valence-electron chi connectivity index (χ2n) is 13.8. The van der Waals surface area contributed by atoms with Crippen LogP contribution in [0.5, 0.6) is 0 Å². The van der Waals surface area contributed by atoms with Gasteiger partial charge in [0.1, 0.15) is 43.2 Å². The molecular formula is C36H55N4O14+. The average molecular weight is 768 g/mol. The number of aliphatic hydroxyl groups is 6. The number of guanidine groups is 1. The number of carbonyl (C=O) groups excluding carboxylic acids is 1. The van der Waals surface area contributed by atoms with Gasteiger partial charge in [0.15, 0.2) is 18.4 Å². The highest BCUT2D eigenvalue weighted by atomic mass is 16.8. The molecule has 1 aliphatic carbocycles. The van der Waals surface area contributed by atoms with Gasteiger partial charge in [0, 0.05) is 24.6 Å². The third-order valence-electron chi connectivity index (χ3n) is 9.51. The molecule has 3 heterocycles. The Bertz CT molecular complexity index is 1470. The fourth-order valence-electron chi connectivity index (χ4n) is 6.76. The minimum absolute atomic E-state index is 0.0906. The molecule has 54 heavy (non-hydrogen) atoms. The Kier molecular flexibility index (Phi) is 15.8. The Morgan fingerprint density at radius 2 is 1.91 bits per heavy atom. The quantitative estimate of drug-likeness (QED) is 0.0185. The largest absolute Gasteiger partial charge is 0.477 e. The molecule has 0 aromatic rings. The van der Waals surface area contributed by atoms with Crippen molar-refractivity contribution in [1.82, 2.24) is 5.32 Å². The minimum atomic E-state index is -2.91. The molecule has 0 radical (unpaired) electrons. The van der Waals surface area contributed by atoms with E-state index in [2.05, 4.69) is 16.9 Å². The first-order valence-corrected chi connectivity index (χ1v) is 18.1. The first-order chi connectivity index (χ1) is 25.7. The molecule has 11 N–H and O–H groups in total. The van der Waals surface area contributed by atoms with Crippen LogP contribution in [0.2, 0.25) is 0 Å². The van der Waals surface area contributed by atoms with Gasteiger partial charge in [0.25, 0.3) is 0 Å². The lowest BCUT2D eigenvalue weighted by Crippen LogP contribution is -3.09. The van der Waals surface area contributed by atoms with E-state index >= 15 is 0 Å². The number of ether oxygens (including phenoxy) is 5. The number of nitrogens with two attached hydrogens (primary N) is 1. The fourth-order valence-corrected chi connectivity index (χ4v) is 6.76. The molecule has 1 unspecified atom stereocenters. The lowest BCUT2D eigenvalue weighted by molar-refractivity contribution is -0.843. The van der Waals surface area contributed by atoms with E-state index in [0.29, 0.717) is 29.7 Å². The van der Waals surface area contributed by atoms with Crippen LogP contribution < -0.4 is 16.0 Å². The zero-order valence-electron chi connectivity index (χ0n) is 30.6. The van der Waals surface area contributed by atoms with Crippen molar-refractivity contribution < 1.29 is 73.9 Å². The molecule has 0 aromatic heterocycles. The highest BCUT2D eigenvalue weighted by Gasteiger charge is 2.57. The van der Waals surface area contributed by atoms with Crippen LogP contribution in [0.1, 0.15) is 46.0 Å². The maximum Gasteiger partial charge on any atom is 0.343 e. The Morgan fingerprint density at radius 3 is 2.52 bits per heavy atom. The van der Waals surface area contributed by atoms with Crippen molar-refractivity contribution in [3.05, 3.63) is 59.7 Å². The van der Waals surface area contributed by atoms with Crippen molar-refractivity contribution in [2.45, 2.75) is 94.8 Å². The maximum atomic E-state index is 13.7. The van der Waals surface area contributed by atoms with Gasteiger partial charge in [-0.15, -0.1) is 6.58 Å². The highest BCUT2D eigenvalue weighted by Crippen LogP contribution is 2.39. The Hall–Kier alpha value is -3.69. The van der Waals surface area contributed by atoms with Crippen molar-refractivity contribution in [2.75, 3.05) is 39.5 Å². The number of hydrogen-bond donors (Lipinski definition) is 10. The van der Waals surface area contributed by atoms with Crippen LogP contribution in [0, 0.1) is 11.8 Å². The van der Waals surface area contributed by atoms with Gasteiger partial charge in [-0.25, -0.2) is 9.59 Å². The highest BCUT2D eigenvalue weighted by molar-refractivity contribution is 5.94. The number of aliphatic hydroxyl groups excluding tert-OH is 4. The summed E-state index contributed by atoms with van der Waals surface area (Å²) in [5, 5.41) is 74.2. The molecule has 8 atom stereocenters. The van der Waals surface area contributed by atoms with E-state index in [0.717, 1.165) is 12.8 Å². The molecule has 0 amide bonds. The fraction of sp³-hybridized carbons (Fsp3) is 0.639. The number of carbonyl (C=O) groups is 2. The van der Waals surface area contributed by atoms with E-state index in [1.807, 2.05) is 0 Å². The van der Waals surface area contributed by atoms with E-state index in [1.165, 1.54) is 18.5 Å². The summed E-state index contributed by atoms with van der Waals surface area (Å²) >= 11 is 0. The van der Waals surface area contributed by atoms with Gasteiger partial charge in [-0.2, -0.15) is 0 Å². The summed E-state index contributed by atoms with van der Waals surface area (Å²) in [5.74, 6) is -6.71. The summed E-state index contributed by atoms with van der Waals surface area (Å²) in [4.78, 5) is 31.0. The van der Waals surface area contributed by atoms with Gasteiger partial charge >= 0.3 is 11.9 Å². The smallest absolute Gasteiger partial charge is 0.343 e. The summed E-state index contributed by atoms with van der Waals surface area (Å²) in [6.07, 6.45) is 1.98. The van der Waals surface area contributed by atoms with Gasteiger partial charge in [-0.05, 0) is 46.0 Å². The number of carboxylic acids is 1. The normalized spacial score (nSPS) is 30.6. The zero-order chi connectivity index (χ0) is 39.6. The third kappa shape index (κ3) is 10.5. The predicted molar refractivity (Wildman–Crippen MR) is 189 cm³/mol. The Labute approximate surface area is 313 Å². The molecule has 1 saturated carbocycles. The summed E-state index contributed by atoms with van der Waals surface area (Å²) < 4.78 is 29.4. The van der Waals surface area contributed by atoms with Crippen LogP contribution in [0.4, 0.5) is 0 Å². The second-order valence-corrected chi connectivity index (χ2v) is 13.8. The number of esters is 1. The maximum absolute atomic E-state index is 13.7. The summed E-state index contributed by atoms with van der Waals surface area (Å²) in [6.45, 7) is 6.62. The van der Waals surface area contributed by atoms with Gasteiger partial charge in [-0.3, -0.25) is 4.99 Å². The molecule has 3 aliphatic heterocycles. The summed E-state index contributed by atoms with van der Waals surface area (Å²) in [6, 6.07) is 0.